The van der Waals surface area contributed by atoms with E-state index in [4.69, 9.17) is 5.11 Å². The zero-order valence-corrected chi connectivity index (χ0v) is 10.2. The van der Waals surface area contributed by atoms with E-state index in [1.165, 1.54) is 24.1 Å². The number of aliphatic hydroxyl groups excluding tert-OH is 1. The van der Waals surface area contributed by atoms with E-state index in [1.54, 1.807) is 13.1 Å². The topological polar surface area (TPSA) is 95.7 Å². The van der Waals surface area contributed by atoms with Crippen molar-refractivity contribution in [1.29, 1.82) is 0 Å². The molecule has 1 aromatic carbocycles. The third kappa shape index (κ3) is 2.75. The molecule has 0 heterocycles. The number of carbonyl (C=O) groups excluding carboxylic acids is 1. The Bertz CT molecular complexity index is 462. The van der Waals surface area contributed by atoms with Gasteiger partial charge in [0.05, 0.1) is 11.5 Å². The normalized spacial score (nSPS) is 9.94. The number of aliphatic hydroxyl groups is 1. The summed E-state index contributed by atoms with van der Waals surface area (Å²) in [5, 5.41) is 22.5. The third-order valence-corrected chi connectivity index (χ3v) is 2.50. The lowest BCUT2D eigenvalue weighted by atomic mass is 10.1. The molecule has 7 heteroatoms. The number of rotatable bonds is 5. The Morgan fingerprint density at radius 1 is 1.56 bits per heavy atom. The number of nitrogens with zero attached hydrogens (tertiary/aromatic N) is 2. The van der Waals surface area contributed by atoms with E-state index in [1.807, 2.05) is 0 Å². The van der Waals surface area contributed by atoms with Gasteiger partial charge in [-0.3, -0.25) is 14.9 Å². The molecule has 0 unspecified atom stereocenters. The van der Waals surface area contributed by atoms with E-state index < -0.39 is 10.8 Å². The van der Waals surface area contributed by atoms with Gasteiger partial charge < -0.3 is 15.3 Å². The number of likely N-dealkylation sites (N-methyl/N-ethyl adjacent to an activating group) is 1. The van der Waals surface area contributed by atoms with Gasteiger partial charge in [0.1, 0.15) is 11.3 Å². The van der Waals surface area contributed by atoms with Gasteiger partial charge in [-0.05, 0) is 12.1 Å². The Morgan fingerprint density at radius 3 is 2.72 bits per heavy atom. The molecule has 1 aromatic rings. The second-order valence-electron chi connectivity index (χ2n) is 3.66. The minimum Gasteiger partial charge on any atom is -0.395 e. The zero-order chi connectivity index (χ0) is 13.7. The lowest BCUT2D eigenvalue weighted by Crippen LogP contribution is -2.30. The number of nitro benzene ring substituents is 1. The zero-order valence-electron chi connectivity index (χ0n) is 10.2. The number of nitro groups is 1. The van der Waals surface area contributed by atoms with Crippen molar-refractivity contribution >= 4 is 17.3 Å². The Balaban J connectivity index is 3.23. The van der Waals surface area contributed by atoms with Gasteiger partial charge in [-0.2, -0.15) is 0 Å². The lowest BCUT2D eigenvalue weighted by Gasteiger charge is -2.16. The summed E-state index contributed by atoms with van der Waals surface area (Å²) in [5.41, 5.74) is 0.0286. The molecule has 1 rings (SSSR count). The SMILES string of the molecule is CNc1cccc(C(=O)N(C)CCO)c1[N+](=O)[O-]. The van der Waals surface area contributed by atoms with Crippen molar-refractivity contribution in [2.45, 2.75) is 0 Å². The van der Waals surface area contributed by atoms with Crippen LogP contribution in [0.2, 0.25) is 0 Å². The van der Waals surface area contributed by atoms with Crippen LogP contribution >= 0.6 is 0 Å². The second kappa shape index (κ2) is 5.97. The number of hydrogen-bond acceptors (Lipinski definition) is 5. The first kappa shape index (κ1) is 13.9. The van der Waals surface area contributed by atoms with Gasteiger partial charge in [0.15, 0.2) is 0 Å². The number of benzene rings is 1. The number of nitrogens with one attached hydrogen (secondary N) is 1. The molecular weight excluding hydrogens is 238 g/mol. The van der Waals surface area contributed by atoms with E-state index in [0.717, 1.165) is 0 Å². The van der Waals surface area contributed by atoms with Crippen LogP contribution in [-0.2, 0) is 0 Å². The van der Waals surface area contributed by atoms with Crippen LogP contribution in [0.1, 0.15) is 10.4 Å². The molecule has 0 aliphatic rings. The van der Waals surface area contributed by atoms with Crippen LogP contribution in [0, 0.1) is 10.1 Å². The van der Waals surface area contributed by atoms with Gasteiger partial charge in [-0.15, -0.1) is 0 Å². The molecule has 1 amide bonds. The monoisotopic (exact) mass is 253 g/mol. The summed E-state index contributed by atoms with van der Waals surface area (Å²) in [6.45, 7) is -0.0679. The molecule has 0 aliphatic carbocycles. The Labute approximate surface area is 104 Å². The van der Waals surface area contributed by atoms with E-state index >= 15 is 0 Å². The summed E-state index contributed by atoms with van der Waals surface area (Å²) in [5.74, 6) is -0.493. The predicted molar refractivity (Wildman–Crippen MR) is 66.7 cm³/mol. The summed E-state index contributed by atoms with van der Waals surface area (Å²) in [6, 6.07) is 4.50. The highest BCUT2D eigenvalue weighted by molar-refractivity contribution is 6.00. The van der Waals surface area contributed by atoms with Crippen LogP contribution in [-0.4, -0.2) is 48.1 Å². The number of carbonyl (C=O) groups is 1. The third-order valence-electron chi connectivity index (χ3n) is 2.50. The quantitative estimate of drug-likeness (QED) is 0.595. The van der Waals surface area contributed by atoms with Gasteiger partial charge in [0, 0.05) is 20.6 Å². The van der Waals surface area contributed by atoms with Gasteiger partial charge in [0.25, 0.3) is 5.91 Å². The van der Waals surface area contributed by atoms with Gasteiger partial charge in [-0.25, -0.2) is 0 Å². The first-order valence-corrected chi connectivity index (χ1v) is 5.34. The molecule has 0 bridgehead atoms. The standard InChI is InChI=1S/C11H15N3O4/c1-12-9-5-3-4-8(10(9)14(17)18)11(16)13(2)6-7-15/h3-5,12,15H,6-7H2,1-2H3. The van der Waals surface area contributed by atoms with Crippen molar-refractivity contribution < 1.29 is 14.8 Å². The number of para-hydroxylation sites is 1. The Hall–Kier alpha value is -2.15. The number of amides is 1. The van der Waals surface area contributed by atoms with E-state index in [9.17, 15) is 14.9 Å². The molecule has 0 saturated carbocycles. The largest absolute Gasteiger partial charge is 0.395 e. The summed E-state index contributed by atoms with van der Waals surface area (Å²) < 4.78 is 0. The molecule has 0 aromatic heterocycles. The summed E-state index contributed by atoms with van der Waals surface area (Å²) >= 11 is 0. The number of anilines is 1. The minimum atomic E-state index is -0.591. The van der Waals surface area contributed by atoms with Gasteiger partial charge >= 0.3 is 5.69 Å². The van der Waals surface area contributed by atoms with Crippen LogP contribution in [0.15, 0.2) is 18.2 Å². The summed E-state index contributed by atoms with van der Waals surface area (Å²) in [7, 11) is 3.03. The molecule has 2 N–H and O–H groups in total. The van der Waals surface area contributed by atoms with E-state index in [0.29, 0.717) is 0 Å². The Morgan fingerprint density at radius 2 is 2.22 bits per heavy atom. The average Bonchev–Trinajstić information content (AvgIpc) is 2.36. The smallest absolute Gasteiger partial charge is 0.305 e. The van der Waals surface area contributed by atoms with E-state index in [-0.39, 0.29) is 30.1 Å². The van der Waals surface area contributed by atoms with Crippen molar-refractivity contribution in [2.75, 3.05) is 32.6 Å². The highest BCUT2D eigenvalue weighted by atomic mass is 16.6. The first-order valence-electron chi connectivity index (χ1n) is 5.34. The van der Waals surface area contributed by atoms with Gasteiger partial charge in [0.2, 0.25) is 0 Å². The fraction of sp³-hybridized carbons (Fsp3) is 0.364. The van der Waals surface area contributed by atoms with Crippen LogP contribution in [0.25, 0.3) is 0 Å². The lowest BCUT2D eigenvalue weighted by molar-refractivity contribution is -0.384. The molecule has 18 heavy (non-hydrogen) atoms. The first-order chi connectivity index (χ1) is 8.52. The predicted octanol–water partition coefficient (Wildman–Crippen LogP) is 0.701. The summed E-state index contributed by atoms with van der Waals surface area (Å²) in [6.07, 6.45) is 0. The van der Waals surface area contributed by atoms with Crippen LogP contribution in [0.5, 0.6) is 0 Å². The van der Waals surface area contributed by atoms with Gasteiger partial charge in [-0.1, -0.05) is 6.07 Å². The maximum absolute atomic E-state index is 12.0. The molecule has 0 fully saturated rings. The Kier molecular flexibility index (Phi) is 4.61. The molecule has 0 spiro atoms. The fourth-order valence-corrected chi connectivity index (χ4v) is 1.57. The van der Waals surface area contributed by atoms with E-state index in [2.05, 4.69) is 5.32 Å². The molecule has 0 radical (unpaired) electrons. The second-order valence-corrected chi connectivity index (χ2v) is 3.66. The molecule has 98 valence electrons. The molecule has 0 atom stereocenters. The molecule has 0 saturated heterocycles. The highest BCUT2D eigenvalue weighted by Gasteiger charge is 2.25. The molecular formula is C11H15N3O4. The minimum absolute atomic E-state index is 0.00259. The van der Waals surface area contributed by atoms with Crippen molar-refractivity contribution in [3.05, 3.63) is 33.9 Å². The average molecular weight is 253 g/mol. The molecule has 7 nitrogen and oxygen atoms in total. The van der Waals surface area contributed by atoms with Crippen molar-refractivity contribution in [1.82, 2.24) is 4.90 Å². The fourth-order valence-electron chi connectivity index (χ4n) is 1.57. The maximum Gasteiger partial charge on any atom is 0.305 e. The number of hydrogen-bond donors (Lipinski definition) is 2. The maximum atomic E-state index is 12.0. The van der Waals surface area contributed by atoms with Crippen LogP contribution in [0.4, 0.5) is 11.4 Å². The molecule has 0 aliphatic heterocycles. The van der Waals surface area contributed by atoms with Crippen molar-refractivity contribution in [2.24, 2.45) is 0 Å². The van der Waals surface area contributed by atoms with Crippen LogP contribution in [0.3, 0.4) is 0 Å². The van der Waals surface area contributed by atoms with Crippen LogP contribution < -0.4 is 5.32 Å². The summed E-state index contributed by atoms with van der Waals surface area (Å²) in [4.78, 5) is 23.7. The van der Waals surface area contributed by atoms with Crippen molar-refractivity contribution in [3.63, 3.8) is 0 Å². The highest BCUT2D eigenvalue weighted by Crippen LogP contribution is 2.28. The van der Waals surface area contributed by atoms with Crippen molar-refractivity contribution in [3.8, 4) is 0 Å².